The lowest BCUT2D eigenvalue weighted by molar-refractivity contribution is -0.117. The van der Waals surface area contributed by atoms with Crippen LogP contribution in [0.25, 0.3) is 0 Å². The van der Waals surface area contributed by atoms with Crippen molar-refractivity contribution in [2.24, 2.45) is 5.92 Å². The Morgan fingerprint density at radius 3 is 2.61 bits per heavy atom. The van der Waals surface area contributed by atoms with Gasteiger partial charge in [-0.2, -0.15) is 0 Å². The van der Waals surface area contributed by atoms with E-state index in [4.69, 9.17) is 4.74 Å². The first-order chi connectivity index (χ1) is 13.6. The molecule has 5 heteroatoms. The number of benzene rings is 2. The van der Waals surface area contributed by atoms with Crippen LogP contribution in [0.3, 0.4) is 0 Å². The van der Waals surface area contributed by atoms with Gasteiger partial charge in [0, 0.05) is 17.3 Å². The number of hydrogen-bond acceptors (Lipinski definition) is 3. The van der Waals surface area contributed by atoms with E-state index in [-0.39, 0.29) is 17.7 Å². The van der Waals surface area contributed by atoms with Crippen molar-refractivity contribution in [1.82, 2.24) is 0 Å². The average molecular weight is 380 g/mol. The number of hydrogen-bond donors (Lipinski definition) is 2. The molecule has 2 aromatic carbocycles. The number of unbranched alkanes of at least 4 members (excludes halogenated alkanes) is 2. The van der Waals surface area contributed by atoms with Gasteiger partial charge in [0.25, 0.3) is 5.91 Å². The van der Waals surface area contributed by atoms with Gasteiger partial charge in [0.2, 0.25) is 5.91 Å². The second kappa shape index (κ2) is 9.40. The Morgan fingerprint density at radius 1 is 1.07 bits per heavy atom. The zero-order chi connectivity index (χ0) is 19.9. The van der Waals surface area contributed by atoms with Gasteiger partial charge in [-0.05, 0) is 56.0 Å². The number of carbonyl (C=O) groups is 2. The summed E-state index contributed by atoms with van der Waals surface area (Å²) >= 11 is 0. The maximum Gasteiger partial charge on any atom is 0.259 e. The summed E-state index contributed by atoms with van der Waals surface area (Å²) in [5, 5.41) is 5.88. The van der Waals surface area contributed by atoms with Crippen molar-refractivity contribution in [3.8, 4) is 5.75 Å². The fourth-order valence-corrected chi connectivity index (χ4v) is 2.93. The summed E-state index contributed by atoms with van der Waals surface area (Å²) in [5.41, 5.74) is 2.84. The van der Waals surface area contributed by atoms with E-state index in [2.05, 4.69) is 17.6 Å². The predicted octanol–water partition coefficient (Wildman–Crippen LogP) is 5.16. The number of ether oxygens (including phenoxy) is 1. The summed E-state index contributed by atoms with van der Waals surface area (Å²) in [5.74, 6) is 0.548. The van der Waals surface area contributed by atoms with E-state index < -0.39 is 0 Å². The number of nitrogens with one attached hydrogen (secondary N) is 2. The van der Waals surface area contributed by atoms with E-state index in [1.165, 1.54) is 0 Å². The Balaban J connectivity index is 1.68. The van der Waals surface area contributed by atoms with Gasteiger partial charge in [-0.25, -0.2) is 0 Å². The largest absolute Gasteiger partial charge is 0.493 e. The third kappa shape index (κ3) is 5.35. The maximum absolute atomic E-state index is 12.8. The SMILES string of the molecule is CCCCCOc1ccccc1C(=O)Nc1ccc(C)c(NC(=O)C2CC2)c1. The van der Waals surface area contributed by atoms with Crippen LogP contribution in [0.1, 0.15) is 54.9 Å². The first kappa shape index (κ1) is 19.9. The number of aryl methyl sites for hydroxylation is 1. The Morgan fingerprint density at radius 2 is 1.86 bits per heavy atom. The van der Waals surface area contributed by atoms with E-state index >= 15 is 0 Å². The van der Waals surface area contributed by atoms with E-state index in [0.29, 0.717) is 23.6 Å². The van der Waals surface area contributed by atoms with E-state index in [0.717, 1.165) is 43.4 Å². The van der Waals surface area contributed by atoms with Crippen LogP contribution in [0.15, 0.2) is 42.5 Å². The summed E-state index contributed by atoms with van der Waals surface area (Å²) < 4.78 is 5.81. The lowest BCUT2D eigenvalue weighted by Crippen LogP contribution is -2.16. The quantitative estimate of drug-likeness (QED) is 0.590. The second-order valence-corrected chi connectivity index (χ2v) is 7.30. The summed E-state index contributed by atoms with van der Waals surface area (Å²) in [6, 6.07) is 12.8. The van der Waals surface area contributed by atoms with Crippen LogP contribution in [-0.2, 0) is 4.79 Å². The van der Waals surface area contributed by atoms with Crippen molar-refractivity contribution in [3.05, 3.63) is 53.6 Å². The van der Waals surface area contributed by atoms with Crippen LogP contribution in [0.2, 0.25) is 0 Å². The molecule has 0 spiro atoms. The summed E-state index contributed by atoms with van der Waals surface area (Å²) in [7, 11) is 0. The van der Waals surface area contributed by atoms with Crippen molar-refractivity contribution in [2.75, 3.05) is 17.2 Å². The van der Waals surface area contributed by atoms with Gasteiger partial charge in [-0.1, -0.05) is 38.0 Å². The molecule has 0 saturated heterocycles. The van der Waals surface area contributed by atoms with Crippen LogP contribution < -0.4 is 15.4 Å². The fourth-order valence-electron chi connectivity index (χ4n) is 2.93. The van der Waals surface area contributed by atoms with Gasteiger partial charge in [0.1, 0.15) is 5.75 Å². The number of amides is 2. The molecular weight excluding hydrogens is 352 g/mol. The lowest BCUT2D eigenvalue weighted by Gasteiger charge is -2.13. The molecule has 2 N–H and O–H groups in total. The first-order valence-electron chi connectivity index (χ1n) is 10.0. The molecule has 0 atom stereocenters. The highest BCUT2D eigenvalue weighted by molar-refractivity contribution is 6.06. The molecule has 0 heterocycles. The predicted molar refractivity (Wildman–Crippen MR) is 112 cm³/mol. The number of anilines is 2. The molecule has 1 aliphatic carbocycles. The molecule has 3 rings (SSSR count). The van der Waals surface area contributed by atoms with E-state index in [1.54, 1.807) is 12.1 Å². The standard InChI is InChI=1S/C23H28N2O3/c1-3-4-7-14-28-21-9-6-5-8-19(21)23(27)24-18-13-10-16(2)20(15-18)25-22(26)17-11-12-17/h5-6,8-10,13,15,17H,3-4,7,11-12,14H2,1-2H3,(H,24,27)(H,25,26). The van der Waals surface area contributed by atoms with Crippen molar-refractivity contribution in [2.45, 2.75) is 46.0 Å². The topological polar surface area (TPSA) is 67.4 Å². The fraction of sp³-hybridized carbons (Fsp3) is 0.391. The van der Waals surface area contributed by atoms with Crippen LogP contribution in [-0.4, -0.2) is 18.4 Å². The van der Waals surface area contributed by atoms with Gasteiger partial charge in [-0.15, -0.1) is 0 Å². The van der Waals surface area contributed by atoms with Gasteiger partial charge < -0.3 is 15.4 Å². The molecular formula is C23H28N2O3. The van der Waals surface area contributed by atoms with E-state index in [9.17, 15) is 9.59 Å². The zero-order valence-electron chi connectivity index (χ0n) is 16.6. The summed E-state index contributed by atoms with van der Waals surface area (Å²) in [6.45, 7) is 4.68. The Hall–Kier alpha value is -2.82. The molecule has 0 bridgehead atoms. The smallest absolute Gasteiger partial charge is 0.259 e. The van der Waals surface area contributed by atoms with E-state index in [1.807, 2.05) is 37.3 Å². The molecule has 0 unspecified atom stereocenters. The molecule has 1 saturated carbocycles. The molecule has 1 aliphatic rings. The molecule has 0 radical (unpaired) electrons. The molecule has 0 aromatic heterocycles. The molecule has 0 aliphatic heterocycles. The van der Waals surface area contributed by atoms with Crippen LogP contribution in [0.4, 0.5) is 11.4 Å². The minimum Gasteiger partial charge on any atom is -0.493 e. The van der Waals surface area contributed by atoms with Gasteiger partial charge in [-0.3, -0.25) is 9.59 Å². The summed E-state index contributed by atoms with van der Waals surface area (Å²) in [4.78, 5) is 24.8. The number of para-hydroxylation sites is 1. The van der Waals surface area contributed by atoms with Crippen molar-refractivity contribution >= 4 is 23.2 Å². The molecule has 2 amide bonds. The van der Waals surface area contributed by atoms with Crippen molar-refractivity contribution < 1.29 is 14.3 Å². The zero-order valence-corrected chi connectivity index (χ0v) is 16.6. The lowest BCUT2D eigenvalue weighted by atomic mass is 10.1. The van der Waals surface area contributed by atoms with Crippen LogP contribution in [0.5, 0.6) is 5.75 Å². The van der Waals surface area contributed by atoms with Crippen LogP contribution in [0, 0.1) is 12.8 Å². The van der Waals surface area contributed by atoms with Gasteiger partial charge in [0.15, 0.2) is 0 Å². The highest BCUT2D eigenvalue weighted by atomic mass is 16.5. The Kier molecular flexibility index (Phi) is 6.69. The third-order valence-electron chi connectivity index (χ3n) is 4.84. The minimum atomic E-state index is -0.227. The number of carbonyl (C=O) groups excluding carboxylic acids is 2. The highest BCUT2D eigenvalue weighted by Gasteiger charge is 2.29. The minimum absolute atomic E-state index is 0.0531. The van der Waals surface area contributed by atoms with Crippen molar-refractivity contribution in [3.63, 3.8) is 0 Å². The van der Waals surface area contributed by atoms with Gasteiger partial charge in [0.05, 0.1) is 12.2 Å². The molecule has 5 nitrogen and oxygen atoms in total. The normalized spacial score (nSPS) is 13.1. The van der Waals surface area contributed by atoms with Crippen molar-refractivity contribution in [1.29, 1.82) is 0 Å². The summed E-state index contributed by atoms with van der Waals surface area (Å²) in [6.07, 6.45) is 5.10. The Labute approximate surface area is 166 Å². The molecule has 1 fully saturated rings. The maximum atomic E-state index is 12.8. The van der Waals surface area contributed by atoms with Gasteiger partial charge >= 0.3 is 0 Å². The molecule has 28 heavy (non-hydrogen) atoms. The highest BCUT2D eigenvalue weighted by Crippen LogP contribution is 2.31. The van der Waals surface area contributed by atoms with Crippen LogP contribution >= 0.6 is 0 Å². The third-order valence-corrected chi connectivity index (χ3v) is 4.84. The molecule has 148 valence electrons. The average Bonchev–Trinajstić information content (AvgIpc) is 3.53. The monoisotopic (exact) mass is 380 g/mol. The molecule has 2 aromatic rings. The number of rotatable bonds is 9. The second-order valence-electron chi connectivity index (χ2n) is 7.30. The Bertz CT molecular complexity index is 843. The first-order valence-corrected chi connectivity index (χ1v) is 10.0.